The molecule has 1 rings (SSSR count). The molecule has 0 bridgehead atoms. The number of carboxylic acid groups (broad SMARTS) is 3. The molecule has 0 spiro atoms. The fourth-order valence-corrected chi connectivity index (χ4v) is 2.13. The molecule has 13 heteroatoms. The number of amides is 2. The Balaban J connectivity index is 0.00000206. The first-order valence-corrected chi connectivity index (χ1v) is 8.83. The molecule has 0 heterocycles. The van der Waals surface area contributed by atoms with Crippen LogP contribution in [-0.4, -0.2) is 70.1 Å². The van der Waals surface area contributed by atoms with Crippen LogP contribution >= 0.6 is 0 Å². The van der Waals surface area contributed by atoms with E-state index in [1.165, 1.54) is 24.3 Å². The first kappa shape index (κ1) is 26.8. The quantitative estimate of drug-likeness (QED) is 0.131. The summed E-state index contributed by atoms with van der Waals surface area (Å²) in [7, 11) is 0. The first-order valence-electron chi connectivity index (χ1n) is 8.83. The Kier molecular flexibility index (Phi) is 12.1. The number of carbonyl (C=O) groups excluding carboxylic acids is 2. The maximum absolute atomic E-state index is 12.4. The van der Waals surface area contributed by atoms with Crippen molar-refractivity contribution in [1.29, 1.82) is 0 Å². The van der Waals surface area contributed by atoms with Gasteiger partial charge in [0.15, 0.2) is 5.96 Å². The third kappa shape index (κ3) is 12.1. The fourth-order valence-electron chi connectivity index (χ4n) is 2.13. The summed E-state index contributed by atoms with van der Waals surface area (Å²) in [4.78, 5) is 59.1. The van der Waals surface area contributed by atoms with E-state index in [4.69, 9.17) is 26.5 Å². The number of benzene rings is 1. The van der Waals surface area contributed by atoms with Crippen molar-refractivity contribution in [3.05, 3.63) is 35.4 Å². The highest BCUT2D eigenvalue weighted by Crippen LogP contribution is 2.10. The van der Waals surface area contributed by atoms with E-state index in [0.717, 1.165) is 6.92 Å². The van der Waals surface area contributed by atoms with Gasteiger partial charge in [-0.25, -0.2) is 4.79 Å². The molecule has 9 N–H and O–H groups in total. The third-order valence-electron chi connectivity index (χ3n) is 3.37. The maximum Gasteiger partial charge on any atom is 0.326 e. The van der Waals surface area contributed by atoms with Crippen LogP contribution in [0.25, 0.3) is 0 Å². The van der Waals surface area contributed by atoms with Crippen LogP contribution in [-0.2, 0) is 14.4 Å². The second-order valence-corrected chi connectivity index (χ2v) is 5.95. The van der Waals surface area contributed by atoms with Gasteiger partial charge in [0.2, 0.25) is 0 Å². The lowest BCUT2D eigenvalue weighted by Crippen LogP contribution is -2.41. The molecular weight excluding hydrogens is 414 g/mol. The summed E-state index contributed by atoms with van der Waals surface area (Å²) < 4.78 is 0. The molecule has 0 aliphatic carbocycles. The Labute approximate surface area is 177 Å². The molecule has 31 heavy (non-hydrogen) atoms. The molecule has 1 atom stereocenters. The zero-order valence-electron chi connectivity index (χ0n) is 16.7. The smallest absolute Gasteiger partial charge is 0.326 e. The van der Waals surface area contributed by atoms with Gasteiger partial charge in [0.25, 0.3) is 17.8 Å². The van der Waals surface area contributed by atoms with E-state index in [0.29, 0.717) is 6.42 Å². The second kappa shape index (κ2) is 13.9. The van der Waals surface area contributed by atoms with E-state index < -0.39 is 42.3 Å². The van der Waals surface area contributed by atoms with Gasteiger partial charge in [-0.15, -0.1) is 0 Å². The van der Waals surface area contributed by atoms with Crippen LogP contribution in [0, 0.1) is 0 Å². The SMILES string of the molecule is CC(=O)O.NC(N)=NCCCC(NC(=O)c1ccccc1C(=O)NCC(=O)O)C(=O)O. The number of aliphatic carboxylic acids is 3. The summed E-state index contributed by atoms with van der Waals surface area (Å²) in [5.41, 5.74) is 10.2. The van der Waals surface area contributed by atoms with E-state index in [2.05, 4.69) is 15.6 Å². The summed E-state index contributed by atoms with van der Waals surface area (Å²) in [5, 5.41) is 29.8. The number of guanidine groups is 1. The number of nitrogens with one attached hydrogen (secondary N) is 2. The number of rotatable bonds is 10. The molecule has 0 radical (unpaired) electrons. The molecule has 0 aliphatic rings. The molecule has 0 saturated carbocycles. The van der Waals surface area contributed by atoms with E-state index in [9.17, 15) is 24.3 Å². The van der Waals surface area contributed by atoms with Crippen LogP contribution in [0.3, 0.4) is 0 Å². The second-order valence-electron chi connectivity index (χ2n) is 5.95. The monoisotopic (exact) mass is 439 g/mol. The lowest BCUT2D eigenvalue weighted by atomic mass is 10.0. The van der Waals surface area contributed by atoms with Crippen LogP contribution in [0.2, 0.25) is 0 Å². The van der Waals surface area contributed by atoms with Gasteiger partial charge in [0.1, 0.15) is 12.6 Å². The number of hydrogen-bond donors (Lipinski definition) is 7. The highest BCUT2D eigenvalue weighted by atomic mass is 16.4. The Morgan fingerprint density at radius 3 is 1.97 bits per heavy atom. The number of carboxylic acids is 3. The van der Waals surface area contributed by atoms with Crippen LogP contribution < -0.4 is 22.1 Å². The van der Waals surface area contributed by atoms with Crippen LogP contribution in [0.15, 0.2) is 29.3 Å². The minimum Gasteiger partial charge on any atom is -0.481 e. The first-order chi connectivity index (χ1) is 14.5. The third-order valence-corrected chi connectivity index (χ3v) is 3.37. The largest absolute Gasteiger partial charge is 0.481 e. The minimum atomic E-state index is -1.25. The van der Waals surface area contributed by atoms with Crippen LogP contribution in [0.1, 0.15) is 40.5 Å². The lowest BCUT2D eigenvalue weighted by molar-refractivity contribution is -0.139. The van der Waals surface area contributed by atoms with Crippen molar-refractivity contribution < 1.29 is 39.3 Å². The van der Waals surface area contributed by atoms with Crippen molar-refractivity contribution in [2.45, 2.75) is 25.8 Å². The molecule has 13 nitrogen and oxygen atoms in total. The number of hydrogen-bond acceptors (Lipinski definition) is 6. The van der Waals surface area contributed by atoms with E-state index >= 15 is 0 Å². The fraction of sp³-hybridized carbons (Fsp3) is 0.333. The Morgan fingerprint density at radius 2 is 1.52 bits per heavy atom. The standard InChI is InChI=1S/C16H21N5O6.C2H4O2/c17-16(18)19-7-3-6-11(15(26)27)21-14(25)10-5-2-1-4-9(10)13(24)20-8-12(22)23;1-2(3)4/h1-2,4-5,11H,3,6-8H2,(H,20,24)(H,21,25)(H,22,23)(H,26,27)(H4,17,18,19);1H3,(H,3,4). The summed E-state index contributed by atoms with van der Waals surface area (Å²) in [6, 6.07) is 4.46. The average molecular weight is 439 g/mol. The zero-order chi connectivity index (χ0) is 24.0. The molecule has 0 fully saturated rings. The predicted octanol–water partition coefficient (Wildman–Crippen LogP) is -1.17. The topological polar surface area (TPSA) is 234 Å². The van der Waals surface area contributed by atoms with Gasteiger partial charge in [0.05, 0.1) is 11.1 Å². The molecule has 0 aliphatic heterocycles. The molecule has 0 aromatic heterocycles. The van der Waals surface area contributed by atoms with Gasteiger partial charge in [0, 0.05) is 13.5 Å². The molecular formula is C18H25N5O8. The maximum atomic E-state index is 12.4. The van der Waals surface area contributed by atoms with Gasteiger partial charge < -0.3 is 37.4 Å². The lowest BCUT2D eigenvalue weighted by Gasteiger charge is -2.15. The van der Waals surface area contributed by atoms with Gasteiger partial charge in [-0.05, 0) is 25.0 Å². The predicted molar refractivity (Wildman–Crippen MR) is 109 cm³/mol. The van der Waals surface area contributed by atoms with Crippen LogP contribution in [0.5, 0.6) is 0 Å². The Hall–Kier alpha value is -4.16. The summed E-state index contributed by atoms with van der Waals surface area (Å²) in [6.45, 7) is 0.674. The molecule has 1 aromatic carbocycles. The van der Waals surface area contributed by atoms with Gasteiger partial charge >= 0.3 is 11.9 Å². The van der Waals surface area contributed by atoms with Gasteiger partial charge in [-0.3, -0.25) is 24.2 Å². The highest BCUT2D eigenvalue weighted by molar-refractivity contribution is 6.08. The van der Waals surface area contributed by atoms with E-state index in [-0.39, 0.29) is 30.1 Å². The molecule has 1 aromatic rings. The highest BCUT2D eigenvalue weighted by Gasteiger charge is 2.23. The number of aliphatic imine (C=N–C) groups is 1. The number of carbonyl (C=O) groups is 5. The van der Waals surface area contributed by atoms with Crippen molar-refractivity contribution in [2.75, 3.05) is 13.1 Å². The van der Waals surface area contributed by atoms with Gasteiger partial charge in [-0.2, -0.15) is 0 Å². The molecule has 1 unspecified atom stereocenters. The van der Waals surface area contributed by atoms with Crippen molar-refractivity contribution in [3.8, 4) is 0 Å². The van der Waals surface area contributed by atoms with Crippen molar-refractivity contribution >= 4 is 35.7 Å². The average Bonchev–Trinajstić information content (AvgIpc) is 2.67. The summed E-state index contributed by atoms with van der Waals surface area (Å²) >= 11 is 0. The Bertz CT molecular complexity index is 832. The molecule has 2 amide bonds. The number of nitrogens with two attached hydrogens (primary N) is 2. The van der Waals surface area contributed by atoms with E-state index in [1.54, 1.807) is 0 Å². The minimum absolute atomic E-state index is 0.0686. The number of nitrogens with zero attached hydrogens (tertiary/aromatic N) is 1. The van der Waals surface area contributed by atoms with E-state index in [1.807, 2.05) is 0 Å². The van der Waals surface area contributed by atoms with Crippen LogP contribution in [0.4, 0.5) is 0 Å². The zero-order valence-corrected chi connectivity index (χ0v) is 16.7. The Morgan fingerprint density at radius 1 is 1.00 bits per heavy atom. The van der Waals surface area contributed by atoms with Crippen molar-refractivity contribution in [1.82, 2.24) is 10.6 Å². The normalized spacial score (nSPS) is 10.5. The summed E-state index contributed by atoms with van der Waals surface area (Å²) in [6.07, 6.45) is 0.390. The van der Waals surface area contributed by atoms with Crippen molar-refractivity contribution in [3.63, 3.8) is 0 Å². The summed E-state index contributed by atoms with van der Waals surface area (Å²) in [5.74, 6) is -4.97. The molecule has 0 saturated heterocycles. The van der Waals surface area contributed by atoms with Gasteiger partial charge in [-0.1, -0.05) is 12.1 Å². The molecule has 170 valence electrons. The van der Waals surface area contributed by atoms with Crippen molar-refractivity contribution in [2.24, 2.45) is 16.5 Å².